The lowest BCUT2D eigenvalue weighted by molar-refractivity contribution is -0.122. The Labute approximate surface area is 130 Å². The van der Waals surface area contributed by atoms with Crippen molar-refractivity contribution in [2.24, 2.45) is 17.8 Å². The molecule has 0 aromatic heterocycles. The minimum atomic E-state index is -0.254. The quantitative estimate of drug-likeness (QED) is 0.842. The smallest absolute Gasteiger partial charge is 0.244 e. The molecule has 2 nitrogen and oxygen atoms in total. The Morgan fingerprint density at radius 2 is 1.59 bits per heavy atom. The first-order valence-corrected chi connectivity index (χ1v) is 8.36. The number of carbonyl (C=O) groups excluding carboxylic acids is 1. The zero-order chi connectivity index (χ0) is 15.2. The van der Waals surface area contributed by atoms with Crippen LogP contribution in [0.4, 0.5) is 4.39 Å². The van der Waals surface area contributed by atoms with Crippen molar-refractivity contribution in [1.82, 2.24) is 5.32 Å². The molecular formula is C19H22FNO. The van der Waals surface area contributed by atoms with E-state index in [4.69, 9.17) is 0 Å². The Hall–Kier alpha value is -1.64. The second-order valence-electron chi connectivity index (χ2n) is 7.57. The molecule has 116 valence electrons. The first-order chi connectivity index (χ1) is 10.6. The molecular weight excluding hydrogens is 277 g/mol. The molecule has 4 saturated carbocycles. The fourth-order valence-electron chi connectivity index (χ4n) is 5.31. The van der Waals surface area contributed by atoms with Crippen LogP contribution in [0.25, 0.3) is 6.08 Å². The molecule has 1 N–H and O–H groups in total. The summed E-state index contributed by atoms with van der Waals surface area (Å²) in [5.41, 5.74) is 0.904. The van der Waals surface area contributed by atoms with Crippen molar-refractivity contribution in [1.29, 1.82) is 0 Å². The van der Waals surface area contributed by atoms with Crippen molar-refractivity contribution in [3.8, 4) is 0 Å². The maximum Gasteiger partial charge on any atom is 0.244 e. The largest absolute Gasteiger partial charge is 0.347 e. The van der Waals surface area contributed by atoms with Crippen molar-refractivity contribution < 1.29 is 9.18 Å². The summed E-state index contributed by atoms with van der Waals surface area (Å²) in [5, 5.41) is 3.31. The number of amides is 1. The van der Waals surface area contributed by atoms with Gasteiger partial charge in [0.25, 0.3) is 0 Å². The molecule has 0 spiro atoms. The summed E-state index contributed by atoms with van der Waals surface area (Å²) >= 11 is 0. The van der Waals surface area contributed by atoms with Gasteiger partial charge in [0.1, 0.15) is 5.82 Å². The number of hydrogen-bond acceptors (Lipinski definition) is 1. The second-order valence-corrected chi connectivity index (χ2v) is 7.57. The Morgan fingerprint density at radius 3 is 2.14 bits per heavy atom. The molecule has 0 aliphatic heterocycles. The molecule has 3 heteroatoms. The third-order valence-electron chi connectivity index (χ3n) is 5.72. The fraction of sp³-hybridized carbons (Fsp3) is 0.526. The molecule has 22 heavy (non-hydrogen) atoms. The minimum Gasteiger partial charge on any atom is -0.347 e. The van der Waals surface area contributed by atoms with Crippen LogP contribution in [0.2, 0.25) is 0 Å². The lowest BCUT2D eigenvalue weighted by Crippen LogP contribution is -2.59. The highest BCUT2D eigenvalue weighted by atomic mass is 19.1. The number of carbonyl (C=O) groups is 1. The van der Waals surface area contributed by atoms with Gasteiger partial charge in [-0.3, -0.25) is 4.79 Å². The van der Waals surface area contributed by atoms with E-state index in [0.29, 0.717) is 0 Å². The summed E-state index contributed by atoms with van der Waals surface area (Å²) in [6, 6.07) is 6.20. The van der Waals surface area contributed by atoms with Gasteiger partial charge in [-0.05, 0) is 80.1 Å². The van der Waals surface area contributed by atoms with E-state index >= 15 is 0 Å². The summed E-state index contributed by atoms with van der Waals surface area (Å²) in [5.74, 6) is 2.22. The molecule has 1 amide bonds. The fourth-order valence-corrected chi connectivity index (χ4v) is 5.31. The van der Waals surface area contributed by atoms with Gasteiger partial charge >= 0.3 is 0 Å². The van der Waals surface area contributed by atoms with Gasteiger partial charge in [0.15, 0.2) is 0 Å². The number of halogens is 1. The zero-order valence-electron chi connectivity index (χ0n) is 12.7. The average Bonchev–Trinajstić information content (AvgIpc) is 2.44. The predicted molar refractivity (Wildman–Crippen MR) is 84.5 cm³/mol. The van der Waals surface area contributed by atoms with E-state index in [-0.39, 0.29) is 17.3 Å². The second kappa shape index (κ2) is 5.22. The van der Waals surface area contributed by atoms with Crippen LogP contribution in [0.15, 0.2) is 30.3 Å². The van der Waals surface area contributed by atoms with Crippen molar-refractivity contribution in [2.75, 3.05) is 0 Å². The summed E-state index contributed by atoms with van der Waals surface area (Å²) in [6.07, 6.45) is 11.0. The van der Waals surface area contributed by atoms with Gasteiger partial charge in [-0.1, -0.05) is 12.1 Å². The van der Waals surface area contributed by atoms with E-state index in [1.807, 2.05) is 0 Å². The third kappa shape index (κ3) is 2.69. The summed E-state index contributed by atoms with van der Waals surface area (Å²) in [7, 11) is 0. The van der Waals surface area contributed by atoms with Crippen LogP contribution in [0, 0.1) is 23.6 Å². The molecule has 5 rings (SSSR count). The van der Waals surface area contributed by atoms with Gasteiger partial charge in [0, 0.05) is 11.6 Å². The maximum atomic E-state index is 12.9. The molecule has 1 aromatic rings. The molecule has 0 atom stereocenters. The first-order valence-electron chi connectivity index (χ1n) is 8.36. The maximum absolute atomic E-state index is 12.9. The van der Waals surface area contributed by atoms with Gasteiger partial charge in [0.05, 0.1) is 0 Å². The van der Waals surface area contributed by atoms with E-state index in [9.17, 15) is 9.18 Å². The Morgan fingerprint density at radius 1 is 1.05 bits per heavy atom. The van der Waals surface area contributed by atoms with E-state index in [1.54, 1.807) is 24.3 Å². The highest BCUT2D eigenvalue weighted by Gasteiger charge is 2.51. The molecule has 0 heterocycles. The lowest BCUT2D eigenvalue weighted by Gasteiger charge is -2.56. The topological polar surface area (TPSA) is 29.1 Å². The number of benzene rings is 1. The highest BCUT2D eigenvalue weighted by molar-refractivity contribution is 5.92. The van der Waals surface area contributed by atoms with Gasteiger partial charge in [0.2, 0.25) is 5.91 Å². The summed E-state index contributed by atoms with van der Waals surface area (Å²) < 4.78 is 12.9. The van der Waals surface area contributed by atoms with Crippen LogP contribution in [0.3, 0.4) is 0 Å². The van der Waals surface area contributed by atoms with Crippen LogP contribution in [0.5, 0.6) is 0 Å². The normalized spacial score (nSPS) is 36.0. The highest BCUT2D eigenvalue weighted by Crippen LogP contribution is 2.55. The van der Waals surface area contributed by atoms with Crippen LogP contribution in [-0.2, 0) is 4.79 Å². The van der Waals surface area contributed by atoms with Crippen molar-refractivity contribution in [3.63, 3.8) is 0 Å². The van der Waals surface area contributed by atoms with Gasteiger partial charge in [-0.15, -0.1) is 0 Å². The van der Waals surface area contributed by atoms with Crippen molar-refractivity contribution >= 4 is 12.0 Å². The third-order valence-corrected chi connectivity index (χ3v) is 5.72. The molecule has 4 aliphatic carbocycles. The monoisotopic (exact) mass is 299 g/mol. The predicted octanol–water partition coefficient (Wildman–Crippen LogP) is 3.92. The van der Waals surface area contributed by atoms with Gasteiger partial charge in [-0.2, -0.15) is 0 Å². The zero-order valence-corrected chi connectivity index (χ0v) is 12.7. The van der Waals surface area contributed by atoms with Crippen molar-refractivity contribution in [2.45, 2.75) is 44.1 Å². The molecule has 0 unspecified atom stereocenters. The average molecular weight is 299 g/mol. The first kappa shape index (κ1) is 14.0. The lowest BCUT2D eigenvalue weighted by atomic mass is 9.53. The number of nitrogens with one attached hydrogen (secondary N) is 1. The molecule has 4 aliphatic rings. The Kier molecular flexibility index (Phi) is 3.32. The van der Waals surface area contributed by atoms with Gasteiger partial charge in [-0.25, -0.2) is 4.39 Å². The summed E-state index contributed by atoms with van der Waals surface area (Å²) in [6.45, 7) is 0. The number of rotatable bonds is 3. The Balaban J connectivity index is 1.42. The standard InChI is InChI=1S/C19H22FNO/c20-17-4-1-13(2-5-17)3-6-18(22)21-19-10-14-7-15(11-19)9-16(8-14)12-19/h1-6,14-16H,7-12H2,(H,21,22)/b6-3+. The van der Waals surface area contributed by atoms with Crippen LogP contribution < -0.4 is 5.32 Å². The van der Waals surface area contributed by atoms with Crippen LogP contribution in [-0.4, -0.2) is 11.4 Å². The van der Waals surface area contributed by atoms with Crippen molar-refractivity contribution in [3.05, 3.63) is 41.7 Å². The molecule has 1 aromatic carbocycles. The number of hydrogen-bond donors (Lipinski definition) is 1. The molecule has 0 saturated heterocycles. The molecule has 4 bridgehead atoms. The SMILES string of the molecule is O=C(/C=C/c1ccc(F)cc1)NC12CC3CC(CC(C3)C1)C2. The summed E-state index contributed by atoms with van der Waals surface area (Å²) in [4.78, 5) is 12.3. The van der Waals surface area contributed by atoms with E-state index in [0.717, 1.165) is 42.6 Å². The van der Waals surface area contributed by atoms with Crippen LogP contribution >= 0.6 is 0 Å². The van der Waals surface area contributed by atoms with Gasteiger partial charge < -0.3 is 5.32 Å². The van der Waals surface area contributed by atoms with E-state index in [2.05, 4.69) is 5.32 Å². The van der Waals surface area contributed by atoms with E-state index in [1.165, 1.54) is 31.4 Å². The minimum absolute atomic E-state index is 0.00808. The molecule has 4 fully saturated rings. The van der Waals surface area contributed by atoms with Crippen LogP contribution in [0.1, 0.15) is 44.1 Å². The molecule has 0 radical (unpaired) electrons. The Bertz CT molecular complexity index is 569. The van der Waals surface area contributed by atoms with E-state index < -0.39 is 0 Å².